The summed E-state index contributed by atoms with van der Waals surface area (Å²) in [4.78, 5) is 23.9. The average molecular weight is 352 g/mol. The highest BCUT2D eigenvalue weighted by molar-refractivity contribution is 5.92. The van der Waals surface area contributed by atoms with Gasteiger partial charge in [0.2, 0.25) is 0 Å². The summed E-state index contributed by atoms with van der Waals surface area (Å²) in [6.07, 6.45) is 3.12. The molecule has 3 heterocycles. The molecule has 0 saturated carbocycles. The zero-order valence-electron chi connectivity index (χ0n) is 14.2. The lowest BCUT2D eigenvalue weighted by atomic mass is 10.1. The van der Waals surface area contributed by atoms with Crippen LogP contribution in [0.3, 0.4) is 0 Å². The number of nitrogens with zero attached hydrogens (tertiary/aromatic N) is 6. The molecule has 4 rings (SSSR count). The van der Waals surface area contributed by atoms with E-state index < -0.39 is 0 Å². The normalized spacial score (nSPS) is 10.3. The van der Waals surface area contributed by atoms with Crippen LogP contribution in [0.5, 0.6) is 0 Å². The van der Waals surface area contributed by atoms with Gasteiger partial charge in [-0.25, -0.2) is 24.8 Å². The first-order valence-corrected chi connectivity index (χ1v) is 8.01. The van der Waals surface area contributed by atoms with E-state index >= 15 is 0 Å². The molecular weight excluding hydrogens is 340 g/mol. The minimum absolute atomic E-state index is 0.363. The first-order chi connectivity index (χ1) is 13.2. The molecule has 0 aliphatic rings. The van der Waals surface area contributed by atoms with E-state index in [2.05, 4.69) is 41.2 Å². The Kier molecular flexibility index (Phi) is 3.92. The van der Waals surface area contributed by atoms with E-state index in [1.54, 1.807) is 36.5 Å². The van der Waals surface area contributed by atoms with Gasteiger partial charge in [0, 0.05) is 23.5 Å². The van der Waals surface area contributed by atoms with Crippen molar-refractivity contribution < 1.29 is 0 Å². The van der Waals surface area contributed by atoms with Crippen LogP contribution in [-0.2, 0) is 0 Å². The Labute approximate surface area is 154 Å². The fraction of sp³-hybridized carbons (Fsp3) is 0.0526. The molecule has 0 bridgehead atoms. The van der Waals surface area contributed by atoms with E-state index in [4.69, 9.17) is 6.57 Å². The smallest absolute Gasteiger partial charge is 0.199 e. The average Bonchev–Trinajstić information content (AvgIpc) is 3.12. The highest BCUT2D eigenvalue weighted by Crippen LogP contribution is 2.34. The maximum absolute atomic E-state index is 9.42. The van der Waals surface area contributed by atoms with Gasteiger partial charge in [-0.2, -0.15) is 5.26 Å². The molecule has 128 valence electrons. The Morgan fingerprint density at radius 2 is 2.11 bits per heavy atom. The number of hydrogen-bond acceptors (Lipinski definition) is 6. The molecule has 8 heteroatoms. The highest BCUT2D eigenvalue weighted by Gasteiger charge is 2.16. The monoisotopic (exact) mass is 352 g/mol. The van der Waals surface area contributed by atoms with Crippen LogP contribution in [0.4, 0.5) is 17.3 Å². The number of aryl methyl sites for hydroxylation is 1. The van der Waals surface area contributed by atoms with Crippen LogP contribution in [0, 0.1) is 24.8 Å². The number of H-pyrrole nitrogens is 1. The first kappa shape index (κ1) is 16.2. The second kappa shape index (κ2) is 6.54. The van der Waals surface area contributed by atoms with Crippen molar-refractivity contribution in [3.8, 4) is 17.5 Å². The summed E-state index contributed by atoms with van der Waals surface area (Å²) in [5.41, 5.74) is 3.38. The summed E-state index contributed by atoms with van der Waals surface area (Å²) in [5.74, 6) is 1.57. The van der Waals surface area contributed by atoms with Gasteiger partial charge in [0.05, 0.1) is 23.7 Å². The molecule has 2 N–H and O–H groups in total. The molecule has 0 saturated heterocycles. The van der Waals surface area contributed by atoms with Crippen LogP contribution in [-0.4, -0.2) is 24.9 Å². The van der Waals surface area contributed by atoms with Crippen molar-refractivity contribution >= 4 is 28.4 Å². The SMILES string of the molecule is [C-]#[N+]c1cccc(C#N)c1-c1nc2c(Nc3cc(C)ncn3)nccc2[nH]1. The number of benzene rings is 1. The van der Waals surface area contributed by atoms with Gasteiger partial charge in [-0.15, -0.1) is 0 Å². The first-order valence-electron chi connectivity index (χ1n) is 8.01. The third-order valence-electron chi connectivity index (χ3n) is 3.97. The van der Waals surface area contributed by atoms with Crippen molar-refractivity contribution in [1.82, 2.24) is 24.9 Å². The third-order valence-corrected chi connectivity index (χ3v) is 3.97. The van der Waals surface area contributed by atoms with E-state index in [9.17, 15) is 5.26 Å². The maximum atomic E-state index is 9.42. The Morgan fingerprint density at radius 3 is 2.89 bits per heavy atom. The summed E-state index contributed by atoms with van der Waals surface area (Å²) < 4.78 is 0. The molecule has 0 unspecified atom stereocenters. The molecule has 0 fully saturated rings. The van der Waals surface area contributed by atoms with Crippen molar-refractivity contribution in [3.63, 3.8) is 0 Å². The van der Waals surface area contributed by atoms with Gasteiger partial charge in [0.15, 0.2) is 11.5 Å². The molecule has 0 amide bonds. The number of anilines is 2. The second-order valence-corrected chi connectivity index (χ2v) is 5.73. The molecular formula is C19H12N8. The van der Waals surface area contributed by atoms with Crippen LogP contribution in [0.1, 0.15) is 11.3 Å². The van der Waals surface area contributed by atoms with Crippen molar-refractivity contribution in [2.75, 3.05) is 5.32 Å². The predicted octanol–water partition coefficient (Wildman–Crippen LogP) is 3.89. The molecule has 0 aliphatic carbocycles. The van der Waals surface area contributed by atoms with Gasteiger partial charge in [-0.3, -0.25) is 0 Å². The number of hydrogen-bond donors (Lipinski definition) is 2. The van der Waals surface area contributed by atoms with Gasteiger partial charge < -0.3 is 10.3 Å². The van der Waals surface area contributed by atoms with Gasteiger partial charge >= 0.3 is 0 Å². The number of nitriles is 1. The Bertz CT molecular complexity index is 1210. The lowest BCUT2D eigenvalue weighted by Crippen LogP contribution is -1.98. The summed E-state index contributed by atoms with van der Waals surface area (Å²) in [7, 11) is 0. The predicted molar refractivity (Wildman–Crippen MR) is 100 cm³/mol. The van der Waals surface area contributed by atoms with Crippen LogP contribution in [0.25, 0.3) is 27.3 Å². The van der Waals surface area contributed by atoms with E-state index in [1.807, 2.05) is 6.92 Å². The van der Waals surface area contributed by atoms with E-state index in [-0.39, 0.29) is 0 Å². The third kappa shape index (κ3) is 2.92. The molecule has 0 spiro atoms. The Hall–Kier alpha value is -4.30. The Morgan fingerprint density at radius 1 is 1.22 bits per heavy atom. The van der Waals surface area contributed by atoms with E-state index in [0.29, 0.717) is 39.8 Å². The van der Waals surface area contributed by atoms with Crippen LogP contribution < -0.4 is 5.32 Å². The van der Waals surface area contributed by atoms with Crippen LogP contribution in [0.15, 0.2) is 42.9 Å². The molecule has 27 heavy (non-hydrogen) atoms. The number of aromatic amines is 1. The minimum Gasteiger partial charge on any atom is -0.339 e. The van der Waals surface area contributed by atoms with E-state index in [0.717, 1.165) is 11.2 Å². The summed E-state index contributed by atoms with van der Waals surface area (Å²) in [5, 5.41) is 12.6. The van der Waals surface area contributed by atoms with Crippen molar-refractivity contribution in [2.24, 2.45) is 0 Å². The number of fused-ring (bicyclic) bond motifs is 1. The lowest BCUT2D eigenvalue weighted by molar-refractivity contribution is 1.10. The number of aromatic nitrogens is 5. The van der Waals surface area contributed by atoms with Gasteiger partial charge in [-0.05, 0) is 19.1 Å². The molecule has 0 aliphatic heterocycles. The minimum atomic E-state index is 0.363. The summed E-state index contributed by atoms with van der Waals surface area (Å²) in [6, 6.07) is 10.7. The number of rotatable bonds is 3. The fourth-order valence-electron chi connectivity index (χ4n) is 2.76. The summed E-state index contributed by atoms with van der Waals surface area (Å²) in [6.45, 7) is 9.26. The topological polar surface area (TPSA) is 108 Å². The zero-order chi connectivity index (χ0) is 18.8. The van der Waals surface area contributed by atoms with Crippen LogP contribution in [0.2, 0.25) is 0 Å². The second-order valence-electron chi connectivity index (χ2n) is 5.73. The zero-order valence-corrected chi connectivity index (χ0v) is 14.2. The molecule has 8 nitrogen and oxygen atoms in total. The number of imidazole rings is 1. The lowest BCUT2D eigenvalue weighted by Gasteiger charge is -2.05. The summed E-state index contributed by atoms with van der Waals surface area (Å²) >= 11 is 0. The van der Waals surface area contributed by atoms with Crippen molar-refractivity contribution in [1.29, 1.82) is 5.26 Å². The van der Waals surface area contributed by atoms with Crippen molar-refractivity contribution in [3.05, 3.63) is 65.5 Å². The molecule has 1 aromatic carbocycles. The molecule has 0 atom stereocenters. The van der Waals surface area contributed by atoms with Gasteiger partial charge in [0.25, 0.3) is 0 Å². The fourth-order valence-corrected chi connectivity index (χ4v) is 2.76. The van der Waals surface area contributed by atoms with Crippen molar-refractivity contribution in [2.45, 2.75) is 6.92 Å². The number of pyridine rings is 1. The maximum Gasteiger partial charge on any atom is 0.199 e. The van der Waals surface area contributed by atoms with Crippen LogP contribution >= 0.6 is 0 Å². The highest BCUT2D eigenvalue weighted by atomic mass is 15.1. The quantitative estimate of drug-likeness (QED) is 0.542. The van der Waals surface area contributed by atoms with Gasteiger partial charge in [-0.1, -0.05) is 12.1 Å². The molecule has 3 aromatic heterocycles. The van der Waals surface area contributed by atoms with Gasteiger partial charge in [0.1, 0.15) is 23.5 Å². The Balaban J connectivity index is 1.86. The number of nitrogens with one attached hydrogen (secondary N) is 2. The molecule has 0 radical (unpaired) electrons. The standard InChI is InChI=1S/C19H12N8/c1-11-8-15(24-10-23-11)26-19-17-14(6-7-22-19)25-18(27-17)16-12(9-20)4-3-5-13(16)21-2/h3-8,10H,1H3,(H,25,27)(H,22,23,24,26). The largest absolute Gasteiger partial charge is 0.339 e. The van der Waals surface area contributed by atoms with E-state index in [1.165, 1.54) is 6.33 Å². The molecule has 4 aromatic rings.